The summed E-state index contributed by atoms with van der Waals surface area (Å²) in [6.07, 6.45) is 5.28. The minimum Gasteiger partial charge on any atom is -0.372 e. The lowest BCUT2D eigenvalue weighted by Crippen LogP contribution is -2.26. The Morgan fingerprint density at radius 3 is 2.60 bits per heavy atom. The zero-order valence-electron chi connectivity index (χ0n) is 12.6. The highest BCUT2D eigenvalue weighted by Crippen LogP contribution is 2.24. The van der Waals surface area contributed by atoms with E-state index in [4.69, 9.17) is 4.74 Å². The van der Waals surface area contributed by atoms with Crippen LogP contribution in [0.1, 0.15) is 51.2 Å². The van der Waals surface area contributed by atoms with Crippen LogP contribution < -0.4 is 5.32 Å². The zero-order chi connectivity index (χ0) is 14.4. The lowest BCUT2D eigenvalue weighted by Gasteiger charge is -2.21. The molecule has 0 bridgehead atoms. The lowest BCUT2D eigenvalue weighted by atomic mass is 10.1. The molecule has 1 N–H and O–H groups in total. The van der Waals surface area contributed by atoms with E-state index in [0.29, 0.717) is 5.92 Å². The van der Waals surface area contributed by atoms with E-state index in [0.717, 1.165) is 23.7 Å². The molecule has 0 radical (unpaired) electrons. The van der Waals surface area contributed by atoms with Crippen molar-refractivity contribution in [3.05, 3.63) is 34.3 Å². The van der Waals surface area contributed by atoms with E-state index in [1.165, 1.54) is 31.2 Å². The molecule has 20 heavy (non-hydrogen) atoms. The summed E-state index contributed by atoms with van der Waals surface area (Å²) in [7, 11) is 0. The van der Waals surface area contributed by atoms with Gasteiger partial charge in [-0.3, -0.25) is 0 Å². The van der Waals surface area contributed by atoms with Gasteiger partial charge in [0.1, 0.15) is 0 Å². The number of rotatable bonds is 9. The fourth-order valence-electron chi connectivity index (χ4n) is 2.37. The van der Waals surface area contributed by atoms with Crippen LogP contribution in [-0.2, 0) is 4.74 Å². The first-order valence-corrected chi connectivity index (χ1v) is 8.58. The SMILES string of the molecule is CCCC(C)COC(CNC1CC1)c1ccc(Br)cc1. The second-order valence-corrected chi connectivity index (χ2v) is 6.87. The van der Waals surface area contributed by atoms with Crippen molar-refractivity contribution in [2.45, 2.75) is 51.7 Å². The van der Waals surface area contributed by atoms with Gasteiger partial charge in [0.15, 0.2) is 0 Å². The molecule has 112 valence electrons. The predicted molar refractivity (Wildman–Crippen MR) is 87.9 cm³/mol. The van der Waals surface area contributed by atoms with Crippen molar-refractivity contribution in [2.24, 2.45) is 5.92 Å². The number of ether oxygens (including phenoxy) is 1. The molecule has 2 rings (SSSR count). The largest absolute Gasteiger partial charge is 0.372 e. The van der Waals surface area contributed by atoms with Crippen LogP contribution in [0, 0.1) is 5.92 Å². The summed E-state index contributed by atoms with van der Waals surface area (Å²) in [4.78, 5) is 0. The summed E-state index contributed by atoms with van der Waals surface area (Å²) in [6, 6.07) is 9.24. The Kier molecular flexibility index (Phi) is 6.53. The third-order valence-electron chi connectivity index (χ3n) is 3.77. The standard InChI is InChI=1S/C17H26BrNO/c1-3-4-13(2)12-20-17(11-19-16-9-10-16)14-5-7-15(18)8-6-14/h5-8,13,16-17,19H,3-4,9-12H2,1-2H3. The first-order valence-electron chi connectivity index (χ1n) is 7.79. The van der Waals surface area contributed by atoms with E-state index in [1.807, 2.05) is 0 Å². The van der Waals surface area contributed by atoms with Crippen LogP contribution in [0.5, 0.6) is 0 Å². The Morgan fingerprint density at radius 1 is 1.30 bits per heavy atom. The summed E-state index contributed by atoms with van der Waals surface area (Å²) < 4.78 is 7.30. The van der Waals surface area contributed by atoms with Crippen molar-refractivity contribution in [3.63, 3.8) is 0 Å². The second kappa shape index (κ2) is 8.16. The quantitative estimate of drug-likeness (QED) is 0.704. The minimum atomic E-state index is 0.169. The van der Waals surface area contributed by atoms with Gasteiger partial charge in [-0.15, -0.1) is 0 Å². The van der Waals surface area contributed by atoms with Gasteiger partial charge in [-0.25, -0.2) is 0 Å². The molecule has 0 saturated heterocycles. The Morgan fingerprint density at radius 2 is 2.00 bits per heavy atom. The van der Waals surface area contributed by atoms with E-state index < -0.39 is 0 Å². The predicted octanol–water partition coefficient (Wildman–Crippen LogP) is 4.70. The van der Waals surface area contributed by atoms with Gasteiger partial charge in [0.2, 0.25) is 0 Å². The van der Waals surface area contributed by atoms with Gasteiger partial charge in [0.05, 0.1) is 12.7 Å². The third-order valence-corrected chi connectivity index (χ3v) is 4.30. The van der Waals surface area contributed by atoms with Crippen LogP contribution >= 0.6 is 15.9 Å². The minimum absolute atomic E-state index is 0.169. The molecule has 2 nitrogen and oxygen atoms in total. The molecule has 1 fully saturated rings. The molecule has 1 aliphatic carbocycles. The van der Waals surface area contributed by atoms with Crippen molar-refractivity contribution < 1.29 is 4.74 Å². The van der Waals surface area contributed by atoms with E-state index >= 15 is 0 Å². The van der Waals surface area contributed by atoms with Crippen LogP contribution in [0.3, 0.4) is 0 Å². The fraction of sp³-hybridized carbons (Fsp3) is 0.647. The Balaban J connectivity index is 1.90. The average Bonchev–Trinajstić information content (AvgIpc) is 3.25. The van der Waals surface area contributed by atoms with Gasteiger partial charge in [0, 0.05) is 17.1 Å². The van der Waals surface area contributed by atoms with E-state index in [2.05, 4.69) is 59.4 Å². The summed E-state index contributed by atoms with van der Waals surface area (Å²) in [5.74, 6) is 0.638. The molecular weight excluding hydrogens is 314 g/mol. The van der Waals surface area contributed by atoms with Gasteiger partial charge >= 0.3 is 0 Å². The Bertz CT molecular complexity index is 388. The van der Waals surface area contributed by atoms with Gasteiger partial charge in [-0.05, 0) is 42.9 Å². The third kappa shape index (κ3) is 5.55. The van der Waals surface area contributed by atoms with Crippen LogP contribution in [0.15, 0.2) is 28.7 Å². The van der Waals surface area contributed by atoms with E-state index in [1.54, 1.807) is 0 Å². The fourth-order valence-corrected chi connectivity index (χ4v) is 2.63. The van der Waals surface area contributed by atoms with Crippen molar-refractivity contribution in [3.8, 4) is 0 Å². The van der Waals surface area contributed by atoms with Crippen LogP contribution in [-0.4, -0.2) is 19.2 Å². The highest BCUT2D eigenvalue weighted by Gasteiger charge is 2.23. The summed E-state index contributed by atoms with van der Waals surface area (Å²) in [6.45, 7) is 6.28. The Hall–Kier alpha value is -0.380. The molecule has 0 spiro atoms. The van der Waals surface area contributed by atoms with Crippen molar-refractivity contribution >= 4 is 15.9 Å². The number of nitrogens with one attached hydrogen (secondary N) is 1. The summed E-state index contributed by atoms with van der Waals surface area (Å²) in [5, 5.41) is 3.59. The van der Waals surface area contributed by atoms with Crippen LogP contribution in [0.25, 0.3) is 0 Å². The summed E-state index contributed by atoms with van der Waals surface area (Å²) in [5.41, 5.74) is 1.27. The molecule has 2 unspecified atom stereocenters. The zero-order valence-corrected chi connectivity index (χ0v) is 14.2. The van der Waals surface area contributed by atoms with Crippen LogP contribution in [0.2, 0.25) is 0 Å². The van der Waals surface area contributed by atoms with Crippen molar-refractivity contribution in [1.82, 2.24) is 5.32 Å². The van der Waals surface area contributed by atoms with Gasteiger partial charge in [-0.1, -0.05) is 48.3 Å². The van der Waals surface area contributed by atoms with E-state index in [9.17, 15) is 0 Å². The van der Waals surface area contributed by atoms with Crippen molar-refractivity contribution in [1.29, 1.82) is 0 Å². The topological polar surface area (TPSA) is 21.3 Å². The highest BCUT2D eigenvalue weighted by molar-refractivity contribution is 9.10. The maximum atomic E-state index is 6.18. The van der Waals surface area contributed by atoms with Gasteiger partial charge in [0.25, 0.3) is 0 Å². The lowest BCUT2D eigenvalue weighted by molar-refractivity contribution is 0.0297. The summed E-state index contributed by atoms with van der Waals surface area (Å²) >= 11 is 3.49. The maximum Gasteiger partial charge on any atom is 0.0949 e. The molecule has 1 aromatic rings. The maximum absolute atomic E-state index is 6.18. The number of benzene rings is 1. The smallest absolute Gasteiger partial charge is 0.0949 e. The molecular formula is C17H26BrNO. The molecule has 1 aromatic carbocycles. The molecule has 2 atom stereocenters. The highest BCUT2D eigenvalue weighted by atomic mass is 79.9. The first kappa shape index (κ1) is 16.0. The molecule has 1 aliphatic rings. The van der Waals surface area contributed by atoms with Crippen molar-refractivity contribution in [2.75, 3.05) is 13.2 Å². The molecule has 3 heteroatoms. The molecule has 0 aromatic heterocycles. The average molecular weight is 340 g/mol. The molecule has 0 amide bonds. The van der Waals surface area contributed by atoms with Gasteiger partial charge in [-0.2, -0.15) is 0 Å². The normalized spacial score (nSPS) is 17.9. The Labute approximate surface area is 131 Å². The molecule has 0 heterocycles. The van der Waals surface area contributed by atoms with E-state index in [-0.39, 0.29) is 6.10 Å². The monoisotopic (exact) mass is 339 g/mol. The first-order chi connectivity index (χ1) is 9.69. The molecule has 0 aliphatic heterocycles. The number of hydrogen-bond acceptors (Lipinski definition) is 2. The van der Waals surface area contributed by atoms with Crippen LogP contribution in [0.4, 0.5) is 0 Å². The molecule has 1 saturated carbocycles. The number of hydrogen-bond donors (Lipinski definition) is 1. The second-order valence-electron chi connectivity index (χ2n) is 5.95. The van der Waals surface area contributed by atoms with Gasteiger partial charge < -0.3 is 10.1 Å². The number of halogens is 1.